The quantitative estimate of drug-likeness (QED) is 0.671. The summed E-state index contributed by atoms with van der Waals surface area (Å²) in [6, 6.07) is 6.83. The van der Waals surface area contributed by atoms with E-state index in [4.69, 9.17) is 10.5 Å². The topological polar surface area (TPSA) is 65.2 Å². The van der Waals surface area contributed by atoms with E-state index in [1.807, 2.05) is 6.92 Å². The number of anilines is 1. The number of carbonyl (C=O) groups is 1. The SMILES string of the molecule is CCCOc1cncc(C(=O)c2cc(N)ccc2Br)c1. The molecular weight excluding hydrogens is 320 g/mol. The molecule has 0 atom stereocenters. The molecule has 0 unspecified atom stereocenters. The summed E-state index contributed by atoms with van der Waals surface area (Å²) in [7, 11) is 0. The molecule has 0 aliphatic rings. The number of nitrogens with zero attached hydrogens (tertiary/aromatic N) is 1. The van der Waals surface area contributed by atoms with Gasteiger partial charge in [0.1, 0.15) is 5.75 Å². The average molecular weight is 335 g/mol. The lowest BCUT2D eigenvalue weighted by molar-refractivity contribution is 0.103. The fraction of sp³-hybridized carbons (Fsp3) is 0.200. The second-order valence-electron chi connectivity index (χ2n) is 4.33. The van der Waals surface area contributed by atoms with Crippen LogP contribution in [0.4, 0.5) is 5.69 Å². The summed E-state index contributed by atoms with van der Waals surface area (Å²) in [6.07, 6.45) is 4.02. The fourth-order valence-electron chi connectivity index (χ4n) is 1.71. The number of rotatable bonds is 5. The maximum Gasteiger partial charge on any atom is 0.195 e. The van der Waals surface area contributed by atoms with E-state index >= 15 is 0 Å². The highest BCUT2D eigenvalue weighted by Crippen LogP contribution is 2.23. The minimum Gasteiger partial charge on any atom is -0.492 e. The van der Waals surface area contributed by atoms with Gasteiger partial charge in [0.25, 0.3) is 0 Å². The first-order valence-electron chi connectivity index (χ1n) is 6.29. The molecule has 5 heteroatoms. The van der Waals surface area contributed by atoms with Gasteiger partial charge in [-0.3, -0.25) is 9.78 Å². The molecule has 0 radical (unpaired) electrons. The summed E-state index contributed by atoms with van der Waals surface area (Å²) < 4.78 is 6.19. The number of aromatic nitrogens is 1. The lowest BCUT2D eigenvalue weighted by atomic mass is 10.0. The summed E-state index contributed by atoms with van der Waals surface area (Å²) in [6.45, 7) is 2.62. The summed E-state index contributed by atoms with van der Waals surface area (Å²) in [4.78, 5) is 16.5. The van der Waals surface area contributed by atoms with Gasteiger partial charge >= 0.3 is 0 Å². The Morgan fingerprint density at radius 1 is 1.35 bits per heavy atom. The minimum atomic E-state index is -0.140. The van der Waals surface area contributed by atoms with Crippen LogP contribution in [0.3, 0.4) is 0 Å². The maximum absolute atomic E-state index is 12.5. The van der Waals surface area contributed by atoms with Crippen molar-refractivity contribution in [3.05, 3.63) is 52.3 Å². The number of ketones is 1. The molecule has 0 aliphatic heterocycles. The minimum absolute atomic E-state index is 0.140. The molecule has 2 rings (SSSR count). The van der Waals surface area contributed by atoms with Crippen LogP contribution in [-0.2, 0) is 0 Å². The molecule has 0 bridgehead atoms. The molecule has 1 heterocycles. The molecule has 104 valence electrons. The zero-order valence-electron chi connectivity index (χ0n) is 11.1. The third-order valence-corrected chi connectivity index (χ3v) is 3.37. The number of hydrogen-bond donors (Lipinski definition) is 1. The highest BCUT2D eigenvalue weighted by Gasteiger charge is 2.14. The molecule has 0 saturated carbocycles. The summed E-state index contributed by atoms with van der Waals surface area (Å²) >= 11 is 3.36. The van der Waals surface area contributed by atoms with Gasteiger partial charge in [-0.2, -0.15) is 0 Å². The van der Waals surface area contributed by atoms with E-state index < -0.39 is 0 Å². The molecule has 2 N–H and O–H groups in total. The normalized spacial score (nSPS) is 10.3. The summed E-state index contributed by atoms with van der Waals surface area (Å²) in [5.41, 5.74) is 7.26. The Morgan fingerprint density at radius 3 is 2.90 bits per heavy atom. The average Bonchev–Trinajstić information content (AvgIpc) is 2.47. The Balaban J connectivity index is 2.31. The van der Waals surface area contributed by atoms with Crippen LogP contribution in [0.2, 0.25) is 0 Å². The van der Waals surface area contributed by atoms with E-state index in [9.17, 15) is 4.79 Å². The summed E-state index contributed by atoms with van der Waals surface area (Å²) in [5.74, 6) is 0.455. The molecule has 0 fully saturated rings. The molecular formula is C15H15BrN2O2. The van der Waals surface area contributed by atoms with Gasteiger partial charge in [-0.05, 0) is 30.7 Å². The van der Waals surface area contributed by atoms with Crippen molar-refractivity contribution in [2.75, 3.05) is 12.3 Å². The van der Waals surface area contributed by atoms with Crippen LogP contribution >= 0.6 is 15.9 Å². The maximum atomic E-state index is 12.5. The number of carbonyl (C=O) groups excluding carboxylic acids is 1. The monoisotopic (exact) mass is 334 g/mol. The Kier molecular flexibility index (Phi) is 4.74. The third kappa shape index (κ3) is 3.36. The molecule has 20 heavy (non-hydrogen) atoms. The second kappa shape index (κ2) is 6.52. The van der Waals surface area contributed by atoms with Crippen molar-refractivity contribution in [2.24, 2.45) is 0 Å². The number of halogens is 1. The van der Waals surface area contributed by atoms with Crippen molar-refractivity contribution in [1.29, 1.82) is 0 Å². The van der Waals surface area contributed by atoms with Gasteiger partial charge in [-0.15, -0.1) is 0 Å². The van der Waals surface area contributed by atoms with Gasteiger partial charge < -0.3 is 10.5 Å². The Morgan fingerprint density at radius 2 is 2.15 bits per heavy atom. The van der Waals surface area contributed by atoms with E-state index in [2.05, 4.69) is 20.9 Å². The van der Waals surface area contributed by atoms with Crippen molar-refractivity contribution < 1.29 is 9.53 Å². The fourth-order valence-corrected chi connectivity index (χ4v) is 2.14. The van der Waals surface area contributed by atoms with Gasteiger partial charge in [-0.1, -0.05) is 22.9 Å². The Labute approximate surface area is 126 Å². The van der Waals surface area contributed by atoms with Crippen LogP contribution in [0.5, 0.6) is 5.75 Å². The van der Waals surface area contributed by atoms with E-state index in [1.54, 1.807) is 30.5 Å². The van der Waals surface area contributed by atoms with Crippen LogP contribution in [0.15, 0.2) is 41.1 Å². The van der Waals surface area contributed by atoms with E-state index in [0.717, 1.165) is 6.42 Å². The lowest BCUT2D eigenvalue weighted by Crippen LogP contribution is -2.05. The first-order chi connectivity index (χ1) is 9.61. The standard InChI is InChI=1S/C15H15BrN2O2/c1-2-5-20-12-6-10(8-18-9-12)15(19)13-7-11(17)3-4-14(13)16/h3-4,6-9H,2,5,17H2,1H3. The molecule has 2 aromatic rings. The van der Waals surface area contributed by atoms with E-state index in [1.165, 1.54) is 6.20 Å². The molecule has 0 spiro atoms. The number of nitrogen functional groups attached to an aromatic ring is 1. The lowest BCUT2D eigenvalue weighted by Gasteiger charge is -2.07. The number of benzene rings is 1. The van der Waals surface area contributed by atoms with Crippen LogP contribution in [0, 0.1) is 0 Å². The smallest absolute Gasteiger partial charge is 0.195 e. The van der Waals surface area contributed by atoms with Crippen molar-refractivity contribution >= 4 is 27.4 Å². The zero-order chi connectivity index (χ0) is 14.5. The number of pyridine rings is 1. The zero-order valence-corrected chi connectivity index (χ0v) is 12.7. The van der Waals surface area contributed by atoms with Gasteiger partial charge in [-0.25, -0.2) is 0 Å². The molecule has 4 nitrogen and oxygen atoms in total. The van der Waals surface area contributed by atoms with Crippen LogP contribution in [0.25, 0.3) is 0 Å². The molecule has 0 amide bonds. The molecule has 1 aromatic carbocycles. The Hall–Kier alpha value is -1.88. The van der Waals surface area contributed by atoms with Gasteiger partial charge in [0.05, 0.1) is 12.8 Å². The van der Waals surface area contributed by atoms with Gasteiger partial charge in [0.15, 0.2) is 5.78 Å². The highest BCUT2D eigenvalue weighted by molar-refractivity contribution is 9.10. The Bertz CT molecular complexity index is 629. The van der Waals surface area contributed by atoms with Crippen LogP contribution < -0.4 is 10.5 Å². The second-order valence-corrected chi connectivity index (χ2v) is 5.18. The van der Waals surface area contributed by atoms with Crippen LogP contribution in [-0.4, -0.2) is 17.4 Å². The number of nitrogens with two attached hydrogens (primary N) is 1. The molecule has 0 saturated heterocycles. The van der Waals surface area contributed by atoms with E-state index in [0.29, 0.717) is 33.6 Å². The molecule has 1 aromatic heterocycles. The predicted molar refractivity (Wildman–Crippen MR) is 82.0 cm³/mol. The van der Waals surface area contributed by atoms with Crippen molar-refractivity contribution in [3.63, 3.8) is 0 Å². The van der Waals surface area contributed by atoms with E-state index in [-0.39, 0.29) is 5.78 Å². The largest absolute Gasteiger partial charge is 0.492 e. The molecule has 0 aliphatic carbocycles. The first kappa shape index (κ1) is 14.5. The highest BCUT2D eigenvalue weighted by atomic mass is 79.9. The van der Waals surface area contributed by atoms with Crippen molar-refractivity contribution in [1.82, 2.24) is 4.98 Å². The van der Waals surface area contributed by atoms with Crippen molar-refractivity contribution in [3.8, 4) is 5.75 Å². The third-order valence-electron chi connectivity index (χ3n) is 2.68. The summed E-state index contributed by atoms with van der Waals surface area (Å²) in [5, 5.41) is 0. The number of hydrogen-bond acceptors (Lipinski definition) is 4. The van der Waals surface area contributed by atoms with Gasteiger partial charge in [0.2, 0.25) is 0 Å². The van der Waals surface area contributed by atoms with Crippen molar-refractivity contribution in [2.45, 2.75) is 13.3 Å². The number of ether oxygens (including phenoxy) is 1. The first-order valence-corrected chi connectivity index (χ1v) is 7.08. The van der Waals surface area contributed by atoms with Gasteiger partial charge in [0, 0.05) is 27.5 Å². The predicted octanol–water partition coefficient (Wildman–Crippen LogP) is 3.45. The van der Waals surface area contributed by atoms with Crippen LogP contribution in [0.1, 0.15) is 29.3 Å².